The largest absolute Gasteiger partial charge is 0.307 e. The fourth-order valence-corrected chi connectivity index (χ4v) is 4.59. The van der Waals surface area contributed by atoms with Crippen LogP contribution in [0.4, 0.5) is 0 Å². The van der Waals surface area contributed by atoms with E-state index in [2.05, 4.69) is 76.7 Å². The molecule has 0 spiro atoms. The summed E-state index contributed by atoms with van der Waals surface area (Å²) in [7, 11) is 0. The van der Waals surface area contributed by atoms with Gasteiger partial charge < -0.3 is 5.32 Å². The summed E-state index contributed by atoms with van der Waals surface area (Å²) in [5, 5.41) is 3.74. The lowest BCUT2D eigenvalue weighted by Gasteiger charge is -2.55. The highest BCUT2D eigenvalue weighted by molar-refractivity contribution is 5.64. The summed E-state index contributed by atoms with van der Waals surface area (Å²) in [6, 6.07) is 23.3. The van der Waals surface area contributed by atoms with E-state index in [1.54, 1.807) is 0 Å². The Morgan fingerprint density at radius 1 is 0.926 bits per heavy atom. The SMILES string of the molecule is Cc1ccc(-c2ccc(C3[C@@H]4CN(Cc5cccnc5)C[C@H]3N4)cc2)cc1. The van der Waals surface area contributed by atoms with Crippen molar-refractivity contribution in [1.29, 1.82) is 0 Å². The van der Waals surface area contributed by atoms with Crippen molar-refractivity contribution < 1.29 is 0 Å². The third-order valence-electron chi connectivity index (χ3n) is 6.01. The molecule has 136 valence electrons. The lowest BCUT2D eigenvalue weighted by Crippen LogP contribution is -2.71. The fourth-order valence-electron chi connectivity index (χ4n) is 4.59. The van der Waals surface area contributed by atoms with Gasteiger partial charge in [-0.25, -0.2) is 0 Å². The van der Waals surface area contributed by atoms with E-state index in [0.29, 0.717) is 18.0 Å². The molecule has 0 saturated carbocycles. The summed E-state index contributed by atoms with van der Waals surface area (Å²) in [5.41, 5.74) is 6.68. The van der Waals surface area contributed by atoms with Gasteiger partial charge in [0.05, 0.1) is 0 Å². The molecular weight excluding hydrogens is 330 g/mol. The molecule has 3 fully saturated rings. The molecule has 3 heteroatoms. The van der Waals surface area contributed by atoms with E-state index in [0.717, 1.165) is 19.6 Å². The van der Waals surface area contributed by atoms with E-state index in [1.165, 1.54) is 27.8 Å². The van der Waals surface area contributed by atoms with Crippen molar-refractivity contribution in [1.82, 2.24) is 15.2 Å². The number of fused-ring (bicyclic) bond motifs is 2. The molecule has 4 heterocycles. The number of rotatable bonds is 4. The van der Waals surface area contributed by atoms with Crippen LogP contribution in [0.3, 0.4) is 0 Å². The number of aryl methyl sites for hydroxylation is 1. The Morgan fingerprint density at radius 2 is 1.59 bits per heavy atom. The number of piperazine rings is 1. The summed E-state index contributed by atoms with van der Waals surface area (Å²) < 4.78 is 0. The first kappa shape index (κ1) is 16.7. The molecule has 6 rings (SSSR count). The van der Waals surface area contributed by atoms with Gasteiger partial charge in [0, 0.05) is 50.0 Å². The van der Waals surface area contributed by atoms with Gasteiger partial charge in [-0.05, 0) is 35.2 Å². The maximum atomic E-state index is 4.24. The topological polar surface area (TPSA) is 28.2 Å². The number of hydrogen-bond donors (Lipinski definition) is 1. The molecule has 1 N–H and O–H groups in total. The van der Waals surface area contributed by atoms with Crippen LogP contribution < -0.4 is 5.32 Å². The third kappa shape index (κ3) is 3.29. The molecule has 3 nitrogen and oxygen atoms in total. The fraction of sp³-hybridized carbons (Fsp3) is 0.292. The number of pyridine rings is 1. The monoisotopic (exact) mass is 355 g/mol. The van der Waals surface area contributed by atoms with Crippen molar-refractivity contribution in [2.45, 2.75) is 31.5 Å². The quantitative estimate of drug-likeness (QED) is 0.767. The molecule has 1 unspecified atom stereocenters. The second-order valence-corrected chi connectivity index (χ2v) is 7.95. The van der Waals surface area contributed by atoms with Crippen LogP contribution in [-0.2, 0) is 6.54 Å². The van der Waals surface area contributed by atoms with Crippen molar-refractivity contribution in [2.75, 3.05) is 13.1 Å². The number of benzene rings is 2. The predicted molar refractivity (Wildman–Crippen MR) is 110 cm³/mol. The Balaban J connectivity index is 1.26. The summed E-state index contributed by atoms with van der Waals surface area (Å²) in [5.74, 6) is 0.641. The van der Waals surface area contributed by atoms with Gasteiger partial charge in [0.15, 0.2) is 0 Å². The van der Waals surface area contributed by atoms with Crippen molar-refractivity contribution in [2.24, 2.45) is 0 Å². The molecule has 3 saturated heterocycles. The summed E-state index contributed by atoms with van der Waals surface area (Å²) in [6.45, 7) is 5.35. The zero-order valence-electron chi connectivity index (χ0n) is 15.7. The average Bonchev–Trinajstić information content (AvgIpc) is 2.70. The minimum atomic E-state index is 0.561. The molecule has 27 heavy (non-hydrogen) atoms. The van der Waals surface area contributed by atoms with Crippen molar-refractivity contribution >= 4 is 0 Å². The van der Waals surface area contributed by atoms with E-state index in [-0.39, 0.29) is 0 Å². The predicted octanol–water partition coefficient (Wildman–Crippen LogP) is 4.00. The smallest absolute Gasteiger partial charge is 0.0312 e. The molecule has 3 aliphatic heterocycles. The molecule has 2 aromatic carbocycles. The molecule has 0 radical (unpaired) electrons. The Bertz CT molecular complexity index is 891. The van der Waals surface area contributed by atoms with Crippen LogP contribution in [0, 0.1) is 6.92 Å². The Labute approximate surface area is 161 Å². The minimum absolute atomic E-state index is 0.561. The van der Waals surface area contributed by atoms with Gasteiger partial charge in [0.2, 0.25) is 0 Å². The summed E-state index contributed by atoms with van der Waals surface area (Å²) >= 11 is 0. The van der Waals surface area contributed by atoms with Crippen molar-refractivity contribution in [3.05, 3.63) is 89.7 Å². The lowest BCUT2D eigenvalue weighted by molar-refractivity contribution is 0.0470. The summed E-state index contributed by atoms with van der Waals surface area (Å²) in [6.07, 6.45) is 3.82. The minimum Gasteiger partial charge on any atom is -0.307 e. The molecule has 3 aliphatic rings. The second-order valence-electron chi connectivity index (χ2n) is 7.95. The standard InChI is InChI=1S/C24H25N3/c1-17-4-6-19(7-5-17)20-8-10-21(11-9-20)24-22-15-27(16-23(24)26-22)14-18-3-2-12-25-13-18/h2-13,22-24,26H,14-16H2,1H3/t22-,23+,24?. The molecule has 3 aromatic rings. The van der Waals surface area contributed by atoms with E-state index < -0.39 is 0 Å². The highest BCUT2D eigenvalue weighted by atomic mass is 15.3. The number of aromatic nitrogens is 1. The number of nitrogens with zero attached hydrogens (tertiary/aromatic N) is 2. The lowest BCUT2D eigenvalue weighted by atomic mass is 9.74. The zero-order valence-corrected chi connectivity index (χ0v) is 15.7. The highest BCUT2D eigenvalue weighted by Gasteiger charge is 2.46. The van der Waals surface area contributed by atoms with Gasteiger partial charge in [-0.1, -0.05) is 60.2 Å². The number of piperidine rings is 1. The first-order valence-corrected chi connectivity index (χ1v) is 9.80. The van der Waals surface area contributed by atoms with Gasteiger partial charge in [-0.3, -0.25) is 9.88 Å². The first-order chi connectivity index (χ1) is 13.3. The van der Waals surface area contributed by atoms with E-state index in [9.17, 15) is 0 Å². The molecule has 2 bridgehead atoms. The highest BCUT2D eigenvalue weighted by Crippen LogP contribution is 2.37. The molecule has 3 atom stereocenters. The van der Waals surface area contributed by atoms with Crippen LogP contribution in [0.2, 0.25) is 0 Å². The molecule has 1 aromatic heterocycles. The van der Waals surface area contributed by atoms with Gasteiger partial charge in [0.1, 0.15) is 0 Å². The van der Waals surface area contributed by atoms with Crippen LogP contribution in [0.1, 0.15) is 22.6 Å². The van der Waals surface area contributed by atoms with Gasteiger partial charge in [-0.2, -0.15) is 0 Å². The van der Waals surface area contributed by atoms with Gasteiger partial charge in [-0.15, -0.1) is 0 Å². The van der Waals surface area contributed by atoms with Crippen molar-refractivity contribution in [3.63, 3.8) is 0 Å². The third-order valence-corrected chi connectivity index (χ3v) is 6.01. The molecular formula is C24H25N3. The van der Waals surface area contributed by atoms with Crippen LogP contribution in [0.15, 0.2) is 73.1 Å². The van der Waals surface area contributed by atoms with Crippen LogP contribution in [-0.4, -0.2) is 35.1 Å². The van der Waals surface area contributed by atoms with E-state index in [1.807, 2.05) is 18.5 Å². The van der Waals surface area contributed by atoms with Crippen LogP contribution in [0.25, 0.3) is 11.1 Å². The molecule has 0 aliphatic carbocycles. The normalized spacial score (nSPS) is 24.4. The maximum Gasteiger partial charge on any atom is 0.0312 e. The van der Waals surface area contributed by atoms with E-state index >= 15 is 0 Å². The first-order valence-electron chi connectivity index (χ1n) is 9.80. The Hall–Kier alpha value is -2.49. The summed E-state index contributed by atoms with van der Waals surface area (Å²) in [4.78, 5) is 6.79. The van der Waals surface area contributed by atoms with Crippen molar-refractivity contribution in [3.8, 4) is 11.1 Å². The Kier molecular flexibility index (Phi) is 4.27. The number of nitrogens with one attached hydrogen (secondary N) is 1. The van der Waals surface area contributed by atoms with Crippen LogP contribution >= 0.6 is 0 Å². The number of hydrogen-bond acceptors (Lipinski definition) is 3. The zero-order chi connectivity index (χ0) is 18.2. The van der Waals surface area contributed by atoms with Gasteiger partial charge in [0.25, 0.3) is 0 Å². The van der Waals surface area contributed by atoms with Crippen LogP contribution in [0.5, 0.6) is 0 Å². The average molecular weight is 355 g/mol. The second kappa shape index (κ2) is 6.91. The van der Waals surface area contributed by atoms with Gasteiger partial charge >= 0.3 is 0 Å². The molecule has 0 amide bonds. The maximum absolute atomic E-state index is 4.24. The van der Waals surface area contributed by atoms with E-state index in [4.69, 9.17) is 0 Å². The Morgan fingerprint density at radius 3 is 2.22 bits per heavy atom.